The van der Waals surface area contributed by atoms with Crippen LogP contribution < -0.4 is 16.0 Å². The van der Waals surface area contributed by atoms with Crippen LogP contribution in [0.4, 0.5) is 16.5 Å². The van der Waals surface area contributed by atoms with Gasteiger partial charge in [-0.1, -0.05) is 28.3 Å². The lowest BCUT2D eigenvalue weighted by Gasteiger charge is -2.06. The Kier molecular flexibility index (Phi) is 6.80. The van der Waals surface area contributed by atoms with Crippen LogP contribution in [-0.4, -0.2) is 38.8 Å². The maximum atomic E-state index is 12.3. The first-order valence-corrected chi connectivity index (χ1v) is 11.2. The Hall–Kier alpha value is -3.97. The fourth-order valence-corrected chi connectivity index (χ4v) is 4.11. The van der Waals surface area contributed by atoms with E-state index in [0.717, 1.165) is 11.3 Å². The molecule has 168 valence electrons. The van der Waals surface area contributed by atoms with Gasteiger partial charge in [0.25, 0.3) is 5.91 Å². The summed E-state index contributed by atoms with van der Waals surface area (Å²) in [5, 5.41) is 19.9. The lowest BCUT2D eigenvalue weighted by molar-refractivity contribution is -0.114. The van der Waals surface area contributed by atoms with Crippen molar-refractivity contribution in [2.75, 3.05) is 21.7 Å². The van der Waals surface area contributed by atoms with Crippen LogP contribution >= 0.6 is 23.1 Å². The summed E-state index contributed by atoms with van der Waals surface area (Å²) in [6.45, 7) is 1.42. The Morgan fingerprint density at radius 2 is 1.76 bits per heavy atom. The van der Waals surface area contributed by atoms with Crippen molar-refractivity contribution >= 4 is 57.3 Å². The molecule has 11 nitrogen and oxygen atoms in total. The molecule has 3 heterocycles. The van der Waals surface area contributed by atoms with Crippen LogP contribution in [0.5, 0.6) is 0 Å². The lowest BCUT2D eigenvalue weighted by Crippen LogP contribution is -2.14. The molecule has 0 aliphatic rings. The minimum Gasteiger partial charge on any atom is -0.461 e. The predicted octanol–water partition coefficient (Wildman–Crippen LogP) is 3.73. The second-order valence-corrected chi connectivity index (χ2v) is 8.68. The molecular weight excluding hydrogens is 468 g/mol. The number of hydrogen-bond acceptors (Lipinski definition) is 10. The van der Waals surface area contributed by atoms with E-state index in [1.54, 1.807) is 36.4 Å². The van der Waals surface area contributed by atoms with Crippen molar-refractivity contribution in [3.63, 3.8) is 0 Å². The maximum absolute atomic E-state index is 12.3. The summed E-state index contributed by atoms with van der Waals surface area (Å²) in [6, 6.07) is 11.6. The maximum Gasteiger partial charge on any atom is 0.279 e. The van der Waals surface area contributed by atoms with Gasteiger partial charge in [0.1, 0.15) is 0 Å². The molecule has 3 amide bonds. The van der Waals surface area contributed by atoms with Gasteiger partial charge in [-0.2, -0.15) is 0 Å². The summed E-state index contributed by atoms with van der Waals surface area (Å²) in [5.41, 5.74) is 1.30. The minimum absolute atomic E-state index is 0.0645. The average Bonchev–Trinajstić information content (AvgIpc) is 3.54. The monoisotopic (exact) mass is 484 g/mol. The third-order valence-corrected chi connectivity index (χ3v) is 5.92. The molecule has 0 unspecified atom stereocenters. The first kappa shape index (κ1) is 22.2. The van der Waals surface area contributed by atoms with Crippen molar-refractivity contribution in [1.82, 2.24) is 15.4 Å². The van der Waals surface area contributed by atoms with Crippen molar-refractivity contribution in [3.05, 3.63) is 54.4 Å². The van der Waals surface area contributed by atoms with E-state index >= 15 is 0 Å². The van der Waals surface area contributed by atoms with Gasteiger partial charge in [0.05, 0.1) is 12.0 Å². The second-order valence-electron chi connectivity index (χ2n) is 6.48. The number of nitrogens with one attached hydrogen (secondary N) is 3. The van der Waals surface area contributed by atoms with Crippen LogP contribution in [0.25, 0.3) is 11.5 Å². The zero-order valence-electron chi connectivity index (χ0n) is 17.0. The molecule has 1 aromatic carbocycles. The highest BCUT2D eigenvalue weighted by Gasteiger charge is 2.17. The molecule has 0 saturated heterocycles. The Labute approximate surface area is 194 Å². The second kappa shape index (κ2) is 10.1. The van der Waals surface area contributed by atoms with Gasteiger partial charge in [0.15, 0.2) is 15.8 Å². The molecule has 3 N–H and O–H groups in total. The summed E-state index contributed by atoms with van der Waals surface area (Å²) in [4.78, 5) is 35.6. The molecule has 4 rings (SSSR count). The molecule has 3 aromatic heterocycles. The molecule has 0 aliphatic carbocycles. The Morgan fingerprint density at radius 3 is 2.45 bits per heavy atom. The number of hydrogen-bond donors (Lipinski definition) is 3. The molecule has 0 bridgehead atoms. The third-order valence-electron chi connectivity index (χ3n) is 3.95. The molecule has 0 fully saturated rings. The Bertz CT molecular complexity index is 1270. The van der Waals surface area contributed by atoms with Crippen molar-refractivity contribution in [2.45, 2.75) is 11.3 Å². The van der Waals surface area contributed by atoms with Gasteiger partial charge in [-0.25, -0.2) is 0 Å². The SMILES string of the molecule is CC(=O)Nc1ccc(NC(=O)CSc2nnc(NC(=O)c3cc(-c4ccco4)on3)s2)cc1. The van der Waals surface area contributed by atoms with Gasteiger partial charge >= 0.3 is 0 Å². The highest BCUT2D eigenvalue weighted by molar-refractivity contribution is 8.01. The van der Waals surface area contributed by atoms with Crippen LogP contribution in [0.1, 0.15) is 17.4 Å². The number of aromatic nitrogens is 3. The number of benzene rings is 1. The topological polar surface area (TPSA) is 152 Å². The fourth-order valence-electron chi connectivity index (χ4n) is 2.56. The molecule has 33 heavy (non-hydrogen) atoms. The summed E-state index contributed by atoms with van der Waals surface area (Å²) >= 11 is 2.31. The summed E-state index contributed by atoms with van der Waals surface area (Å²) in [7, 11) is 0. The van der Waals surface area contributed by atoms with Gasteiger partial charge in [-0.05, 0) is 36.4 Å². The quantitative estimate of drug-likeness (QED) is 0.251. The van der Waals surface area contributed by atoms with Crippen molar-refractivity contribution in [1.29, 1.82) is 0 Å². The lowest BCUT2D eigenvalue weighted by atomic mass is 10.3. The molecule has 0 spiro atoms. The van der Waals surface area contributed by atoms with Crippen molar-refractivity contribution < 1.29 is 23.3 Å². The van der Waals surface area contributed by atoms with Gasteiger partial charge < -0.3 is 19.6 Å². The average molecular weight is 485 g/mol. The van der Waals surface area contributed by atoms with Gasteiger partial charge in [0.2, 0.25) is 22.7 Å². The number of furan rings is 1. The zero-order valence-corrected chi connectivity index (χ0v) is 18.7. The van der Waals surface area contributed by atoms with E-state index in [4.69, 9.17) is 8.94 Å². The van der Waals surface area contributed by atoms with Gasteiger partial charge in [-0.15, -0.1) is 10.2 Å². The van der Waals surface area contributed by atoms with Crippen molar-refractivity contribution in [3.8, 4) is 11.5 Å². The first-order chi connectivity index (χ1) is 16.0. The molecular formula is C20H16N6O5S2. The Balaban J connectivity index is 1.26. The summed E-state index contributed by atoms with van der Waals surface area (Å²) in [5.74, 6) is -0.0277. The number of rotatable bonds is 8. The van der Waals surface area contributed by atoms with Crippen molar-refractivity contribution in [2.24, 2.45) is 0 Å². The van der Waals surface area contributed by atoms with E-state index in [9.17, 15) is 14.4 Å². The molecule has 0 aliphatic heterocycles. The highest BCUT2D eigenvalue weighted by Crippen LogP contribution is 2.26. The third kappa shape index (κ3) is 6.05. The number of amides is 3. The number of thioether (sulfide) groups is 1. The van der Waals surface area contributed by atoms with E-state index in [0.29, 0.717) is 27.2 Å². The van der Waals surface area contributed by atoms with E-state index in [1.807, 2.05) is 0 Å². The number of anilines is 3. The predicted molar refractivity (Wildman–Crippen MR) is 122 cm³/mol. The van der Waals surface area contributed by atoms with Gasteiger partial charge in [-0.3, -0.25) is 19.7 Å². The zero-order chi connectivity index (χ0) is 23.2. The standard InChI is InChI=1S/C20H16N6O5S2/c1-11(27)21-12-4-6-13(7-5-12)22-17(28)10-32-20-25-24-19(33-20)23-18(29)14-9-16(31-26-14)15-3-2-8-30-15/h2-9H,10H2,1H3,(H,21,27)(H,22,28)(H,23,24,29). The molecule has 13 heteroatoms. The fraction of sp³-hybridized carbons (Fsp3) is 0.100. The molecule has 0 saturated carbocycles. The largest absolute Gasteiger partial charge is 0.461 e. The van der Waals surface area contributed by atoms with E-state index in [2.05, 4.69) is 31.3 Å². The smallest absolute Gasteiger partial charge is 0.279 e. The molecule has 0 atom stereocenters. The summed E-state index contributed by atoms with van der Waals surface area (Å²) < 4.78 is 10.8. The number of nitrogens with zero attached hydrogens (tertiary/aromatic N) is 3. The van der Waals surface area contributed by atoms with Gasteiger partial charge in [0, 0.05) is 24.4 Å². The number of carbonyl (C=O) groups excluding carboxylic acids is 3. The van der Waals surface area contributed by atoms with E-state index < -0.39 is 5.91 Å². The van der Waals surface area contributed by atoms with Crippen LogP contribution in [0.3, 0.4) is 0 Å². The Morgan fingerprint density at radius 1 is 1.00 bits per heavy atom. The van der Waals surface area contributed by atoms with E-state index in [1.165, 1.54) is 31.0 Å². The summed E-state index contributed by atoms with van der Waals surface area (Å²) in [6.07, 6.45) is 1.49. The van der Waals surface area contributed by atoms with E-state index in [-0.39, 0.29) is 28.4 Å². The van der Waals surface area contributed by atoms with Crippen LogP contribution in [-0.2, 0) is 9.59 Å². The molecule has 4 aromatic rings. The normalized spacial score (nSPS) is 10.6. The first-order valence-electron chi connectivity index (χ1n) is 9.42. The molecule has 0 radical (unpaired) electrons. The minimum atomic E-state index is -0.510. The number of carbonyl (C=O) groups is 3. The van der Waals surface area contributed by atoms with Crippen LogP contribution in [0.2, 0.25) is 0 Å². The van der Waals surface area contributed by atoms with Crippen LogP contribution in [0, 0.1) is 0 Å². The highest BCUT2D eigenvalue weighted by atomic mass is 32.2. The van der Waals surface area contributed by atoms with Crippen LogP contribution in [0.15, 0.2) is 62.0 Å².